The van der Waals surface area contributed by atoms with Gasteiger partial charge in [0.1, 0.15) is 17.9 Å². The molecule has 0 spiro atoms. The molecule has 4 atom stereocenters. The average Bonchev–Trinajstić information content (AvgIpc) is 3.03. The smallest absolute Gasteiger partial charge is 0.309 e. The summed E-state index contributed by atoms with van der Waals surface area (Å²) in [7, 11) is 0. The van der Waals surface area contributed by atoms with Crippen molar-refractivity contribution in [1.29, 1.82) is 0 Å². The molecular formula is C16H23ClN4O4S. The molecule has 2 fully saturated rings. The quantitative estimate of drug-likeness (QED) is 0.374. The van der Waals surface area contributed by atoms with Crippen LogP contribution in [-0.4, -0.2) is 50.8 Å². The molecule has 1 saturated heterocycles. The topological polar surface area (TPSA) is 120 Å². The lowest BCUT2D eigenvalue weighted by atomic mass is 10.1. The first kappa shape index (κ1) is 19.5. The van der Waals surface area contributed by atoms with E-state index in [2.05, 4.69) is 22.2 Å². The Labute approximate surface area is 161 Å². The van der Waals surface area contributed by atoms with E-state index in [-0.39, 0.29) is 16.9 Å². The minimum absolute atomic E-state index is 0.175. The van der Waals surface area contributed by atoms with Crippen molar-refractivity contribution in [3.8, 4) is 0 Å². The van der Waals surface area contributed by atoms with E-state index in [4.69, 9.17) is 26.8 Å². The molecule has 0 aromatic carbocycles. The van der Waals surface area contributed by atoms with Crippen molar-refractivity contribution < 1.29 is 19.4 Å². The van der Waals surface area contributed by atoms with Crippen LogP contribution in [0.1, 0.15) is 33.6 Å². The zero-order valence-corrected chi connectivity index (χ0v) is 16.4. The van der Waals surface area contributed by atoms with Crippen LogP contribution in [-0.2, 0) is 14.3 Å². The van der Waals surface area contributed by atoms with E-state index >= 15 is 0 Å². The standard InChI is InChI=1S/C16H23ClN4O4S/c1-4-5-26-15-20-12(17)9(18)13(21-15)19-8-6-7(14(22)23)10-11(8)25-16(2,3)24-10/h7-8,10-11H,4-6,18H2,1-3H3,(H,22,23)(H,19,20,21)/t7-,8+,10+,11-/m0/s1. The molecule has 8 nitrogen and oxygen atoms in total. The zero-order valence-electron chi connectivity index (χ0n) is 14.9. The van der Waals surface area contributed by atoms with Crippen molar-refractivity contribution in [3.05, 3.63) is 5.15 Å². The van der Waals surface area contributed by atoms with Crippen LogP contribution in [0.5, 0.6) is 0 Å². The highest BCUT2D eigenvalue weighted by Gasteiger charge is 2.56. The second-order valence-electron chi connectivity index (χ2n) is 6.90. The maximum Gasteiger partial charge on any atom is 0.309 e. The summed E-state index contributed by atoms with van der Waals surface area (Å²) < 4.78 is 11.7. The van der Waals surface area contributed by atoms with Crippen LogP contribution in [0.25, 0.3) is 0 Å². The molecular weight excluding hydrogens is 380 g/mol. The summed E-state index contributed by atoms with van der Waals surface area (Å²) in [5, 5.41) is 13.4. The van der Waals surface area contributed by atoms with Crippen LogP contribution in [0, 0.1) is 5.92 Å². The zero-order chi connectivity index (χ0) is 19.1. The molecule has 0 bridgehead atoms. The van der Waals surface area contributed by atoms with Crippen molar-refractivity contribution >= 4 is 40.8 Å². The Hall–Kier alpha value is -1.29. The highest BCUT2D eigenvalue weighted by molar-refractivity contribution is 7.99. The van der Waals surface area contributed by atoms with Crippen LogP contribution in [0.3, 0.4) is 0 Å². The van der Waals surface area contributed by atoms with E-state index in [1.54, 1.807) is 13.8 Å². The number of nitrogens with one attached hydrogen (secondary N) is 1. The SMILES string of the molecule is CCCSc1nc(Cl)c(N)c(N[C@@H]2C[C@H](C(=O)O)[C@H]3OC(C)(C)O[C@H]32)n1. The van der Waals surface area contributed by atoms with Crippen LogP contribution in [0.4, 0.5) is 11.5 Å². The van der Waals surface area contributed by atoms with Gasteiger partial charge < -0.3 is 25.6 Å². The van der Waals surface area contributed by atoms with E-state index < -0.39 is 29.9 Å². The fourth-order valence-corrected chi connectivity index (χ4v) is 4.25. The molecule has 10 heteroatoms. The van der Waals surface area contributed by atoms with Gasteiger partial charge in [0.2, 0.25) is 0 Å². The number of rotatable bonds is 6. The number of thioether (sulfide) groups is 1. The molecule has 1 aliphatic carbocycles. The summed E-state index contributed by atoms with van der Waals surface area (Å²) in [5.74, 6) is -1.14. The first-order chi connectivity index (χ1) is 12.2. The van der Waals surface area contributed by atoms with E-state index in [0.29, 0.717) is 17.4 Å². The summed E-state index contributed by atoms with van der Waals surface area (Å²) >= 11 is 7.63. The molecule has 3 rings (SSSR count). The third-order valence-electron chi connectivity index (χ3n) is 4.42. The number of nitrogens with zero attached hydrogens (tertiary/aromatic N) is 2. The summed E-state index contributed by atoms with van der Waals surface area (Å²) in [6.45, 7) is 5.61. The summed E-state index contributed by atoms with van der Waals surface area (Å²) in [4.78, 5) is 20.2. The highest BCUT2D eigenvalue weighted by Crippen LogP contribution is 2.43. The number of fused-ring (bicyclic) bond motifs is 1. The molecule has 2 aliphatic rings. The predicted octanol–water partition coefficient (Wildman–Crippen LogP) is 2.62. The Balaban J connectivity index is 1.84. The number of anilines is 2. The molecule has 4 N–H and O–H groups in total. The number of hydrogen-bond acceptors (Lipinski definition) is 8. The van der Waals surface area contributed by atoms with E-state index in [1.807, 2.05) is 0 Å². The highest BCUT2D eigenvalue weighted by atomic mass is 35.5. The maximum absolute atomic E-state index is 11.6. The van der Waals surface area contributed by atoms with Crippen LogP contribution < -0.4 is 11.1 Å². The molecule has 26 heavy (non-hydrogen) atoms. The molecule has 0 amide bonds. The van der Waals surface area contributed by atoms with E-state index in [1.165, 1.54) is 11.8 Å². The molecule has 144 valence electrons. The lowest BCUT2D eigenvalue weighted by Crippen LogP contribution is -2.35. The second kappa shape index (κ2) is 7.38. The number of carbonyl (C=O) groups is 1. The van der Waals surface area contributed by atoms with Gasteiger partial charge in [0.15, 0.2) is 21.9 Å². The molecule has 1 aliphatic heterocycles. The number of carboxylic acids is 1. The minimum atomic E-state index is -0.904. The molecule has 0 radical (unpaired) electrons. The molecule has 1 aromatic rings. The average molecular weight is 403 g/mol. The van der Waals surface area contributed by atoms with Gasteiger partial charge in [0.05, 0.1) is 12.0 Å². The summed E-state index contributed by atoms with van der Waals surface area (Å²) in [6.07, 6.45) is 0.392. The van der Waals surface area contributed by atoms with Crippen molar-refractivity contribution in [2.24, 2.45) is 5.92 Å². The van der Waals surface area contributed by atoms with Crippen LogP contribution >= 0.6 is 23.4 Å². The summed E-state index contributed by atoms with van der Waals surface area (Å²) in [6, 6.07) is -0.305. The fourth-order valence-electron chi connectivity index (χ4n) is 3.33. The minimum Gasteiger partial charge on any atom is -0.481 e. The fraction of sp³-hybridized carbons (Fsp3) is 0.688. The van der Waals surface area contributed by atoms with Gasteiger partial charge in [-0.3, -0.25) is 4.79 Å². The first-order valence-corrected chi connectivity index (χ1v) is 9.89. The van der Waals surface area contributed by atoms with Gasteiger partial charge in [0.25, 0.3) is 0 Å². The molecule has 2 heterocycles. The maximum atomic E-state index is 11.6. The normalized spacial score (nSPS) is 29.5. The number of nitrogen functional groups attached to an aromatic ring is 1. The van der Waals surface area contributed by atoms with Crippen molar-refractivity contribution in [3.63, 3.8) is 0 Å². The van der Waals surface area contributed by atoms with E-state index in [0.717, 1.165) is 12.2 Å². The van der Waals surface area contributed by atoms with Gasteiger partial charge in [0, 0.05) is 5.75 Å². The Morgan fingerprint density at radius 3 is 2.77 bits per heavy atom. The van der Waals surface area contributed by atoms with Gasteiger partial charge in [-0.1, -0.05) is 30.3 Å². The molecule has 1 aromatic heterocycles. The molecule has 0 unspecified atom stereocenters. The van der Waals surface area contributed by atoms with Gasteiger partial charge in [-0.25, -0.2) is 9.97 Å². The Morgan fingerprint density at radius 2 is 2.12 bits per heavy atom. The lowest BCUT2D eigenvalue weighted by Gasteiger charge is -2.24. The lowest BCUT2D eigenvalue weighted by molar-refractivity contribution is -0.165. The first-order valence-electron chi connectivity index (χ1n) is 8.52. The van der Waals surface area contributed by atoms with Crippen molar-refractivity contribution in [1.82, 2.24) is 9.97 Å². The van der Waals surface area contributed by atoms with Crippen molar-refractivity contribution in [2.45, 2.75) is 62.8 Å². The van der Waals surface area contributed by atoms with Crippen LogP contribution in [0.15, 0.2) is 5.16 Å². The van der Waals surface area contributed by atoms with Crippen molar-refractivity contribution in [2.75, 3.05) is 16.8 Å². The largest absolute Gasteiger partial charge is 0.481 e. The summed E-state index contributed by atoms with van der Waals surface area (Å²) in [5.41, 5.74) is 6.26. The Morgan fingerprint density at radius 1 is 1.42 bits per heavy atom. The third-order valence-corrected chi connectivity index (χ3v) is 5.76. The second-order valence-corrected chi connectivity index (χ2v) is 8.32. The van der Waals surface area contributed by atoms with E-state index in [9.17, 15) is 9.90 Å². The number of halogens is 1. The van der Waals surface area contributed by atoms with Gasteiger partial charge >= 0.3 is 5.97 Å². The monoisotopic (exact) mass is 402 g/mol. The Kier molecular flexibility index (Phi) is 5.53. The number of carboxylic acid groups (broad SMARTS) is 1. The third kappa shape index (κ3) is 3.85. The predicted molar refractivity (Wildman–Crippen MR) is 99.4 cm³/mol. The number of nitrogens with two attached hydrogens (primary N) is 1. The number of hydrogen-bond donors (Lipinski definition) is 3. The van der Waals surface area contributed by atoms with Gasteiger partial charge in [-0.2, -0.15) is 0 Å². The van der Waals surface area contributed by atoms with Gasteiger partial charge in [-0.05, 0) is 26.7 Å². The number of aromatic nitrogens is 2. The molecule has 1 saturated carbocycles. The number of ether oxygens (including phenoxy) is 2. The number of aliphatic carboxylic acids is 1. The van der Waals surface area contributed by atoms with Gasteiger partial charge in [-0.15, -0.1) is 0 Å². The Bertz CT molecular complexity index is 705. The van der Waals surface area contributed by atoms with Crippen LogP contribution in [0.2, 0.25) is 5.15 Å².